The standard InChI is InChI=1S/C17H15F2NO2S/c1-23-17(18,19)15(11-13-5-3-2-4-6-13)12-14-7-9-16(10-8-14)20(21)22/h2-10,12H,11H2,1H3/b15-12+. The Kier molecular flexibility index (Phi) is 5.50. The third-order valence-electron chi connectivity index (χ3n) is 3.31. The van der Waals surface area contributed by atoms with Crippen LogP contribution in [0.15, 0.2) is 60.2 Å². The van der Waals surface area contributed by atoms with Crippen LogP contribution in [-0.4, -0.2) is 16.4 Å². The van der Waals surface area contributed by atoms with Crippen molar-refractivity contribution in [3.8, 4) is 0 Å². The van der Waals surface area contributed by atoms with Crippen molar-refractivity contribution in [2.75, 3.05) is 6.26 Å². The van der Waals surface area contributed by atoms with Crippen LogP contribution in [-0.2, 0) is 6.42 Å². The third-order valence-corrected chi connectivity index (χ3v) is 4.09. The maximum Gasteiger partial charge on any atom is 0.315 e. The molecule has 3 nitrogen and oxygen atoms in total. The van der Waals surface area contributed by atoms with Crippen molar-refractivity contribution in [3.05, 3.63) is 81.4 Å². The average Bonchev–Trinajstić information content (AvgIpc) is 2.55. The van der Waals surface area contributed by atoms with Crippen molar-refractivity contribution in [2.45, 2.75) is 11.7 Å². The van der Waals surface area contributed by atoms with Gasteiger partial charge >= 0.3 is 5.25 Å². The van der Waals surface area contributed by atoms with E-state index in [2.05, 4.69) is 0 Å². The van der Waals surface area contributed by atoms with E-state index in [1.165, 1.54) is 36.6 Å². The van der Waals surface area contributed by atoms with Gasteiger partial charge in [-0.05, 0) is 35.6 Å². The van der Waals surface area contributed by atoms with Gasteiger partial charge in [0.15, 0.2) is 0 Å². The molecule has 0 atom stereocenters. The molecule has 0 amide bonds. The van der Waals surface area contributed by atoms with Gasteiger partial charge in [-0.2, -0.15) is 8.78 Å². The number of nitrogens with zero attached hydrogens (tertiary/aromatic N) is 1. The van der Waals surface area contributed by atoms with E-state index >= 15 is 0 Å². The molecule has 2 aromatic rings. The summed E-state index contributed by atoms with van der Waals surface area (Å²) in [4.78, 5) is 10.1. The zero-order valence-electron chi connectivity index (χ0n) is 12.4. The van der Waals surface area contributed by atoms with Crippen LogP contribution in [0, 0.1) is 10.1 Å². The fourth-order valence-electron chi connectivity index (χ4n) is 2.08. The van der Waals surface area contributed by atoms with Crippen molar-refractivity contribution < 1.29 is 13.7 Å². The summed E-state index contributed by atoms with van der Waals surface area (Å²) in [5.41, 5.74) is 1.19. The first-order valence-electron chi connectivity index (χ1n) is 6.85. The van der Waals surface area contributed by atoms with Gasteiger partial charge in [0.2, 0.25) is 0 Å². The predicted molar refractivity (Wildman–Crippen MR) is 89.7 cm³/mol. The van der Waals surface area contributed by atoms with Crippen LogP contribution >= 0.6 is 11.8 Å². The number of non-ortho nitro benzene ring substituents is 1. The highest BCUT2D eigenvalue weighted by Crippen LogP contribution is 2.37. The van der Waals surface area contributed by atoms with Crippen molar-refractivity contribution in [3.63, 3.8) is 0 Å². The normalized spacial score (nSPS) is 12.2. The molecule has 0 saturated carbocycles. The van der Waals surface area contributed by atoms with Crippen LogP contribution < -0.4 is 0 Å². The van der Waals surface area contributed by atoms with Gasteiger partial charge in [-0.1, -0.05) is 42.1 Å². The van der Waals surface area contributed by atoms with Crippen molar-refractivity contribution in [1.82, 2.24) is 0 Å². The fourth-order valence-corrected chi connectivity index (χ4v) is 2.47. The van der Waals surface area contributed by atoms with E-state index in [0.29, 0.717) is 17.3 Å². The lowest BCUT2D eigenvalue weighted by Gasteiger charge is -2.18. The molecule has 6 heteroatoms. The topological polar surface area (TPSA) is 43.1 Å². The van der Waals surface area contributed by atoms with E-state index < -0.39 is 10.2 Å². The molecule has 2 aromatic carbocycles. The van der Waals surface area contributed by atoms with Crippen molar-refractivity contribution in [2.24, 2.45) is 0 Å². The summed E-state index contributed by atoms with van der Waals surface area (Å²) in [6.45, 7) is 0. The van der Waals surface area contributed by atoms with E-state index in [1.54, 1.807) is 24.3 Å². The Labute approximate surface area is 137 Å². The second-order valence-electron chi connectivity index (χ2n) is 4.90. The Morgan fingerprint density at radius 2 is 1.78 bits per heavy atom. The molecule has 0 fully saturated rings. The lowest BCUT2D eigenvalue weighted by molar-refractivity contribution is -0.384. The largest absolute Gasteiger partial charge is 0.315 e. The lowest BCUT2D eigenvalue weighted by atomic mass is 10.0. The Bertz CT molecular complexity index is 700. The fraction of sp³-hybridized carbons (Fsp3) is 0.176. The van der Waals surface area contributed by atoms with Crippen LogP contribution in [0.4, 0.5) is 14.5 Å². The minimum Gasteiger partial charge on any atom is -0.258 e. The molecule has 0 saturated heterocycles. The quantitative estimate of drug-likeness (QED) is 0.540. The van der Waals surface area contributed by atoms with Crippen LogP contribution in [0.25, 0.3) is 6.08 Å². The van der Waals surface area contributed by atoms with Crippen molar-refractivity contribution >= 4 is 23.5 Å². The smallest absolute Gasteiger partial charge is 0.258 e. The highest BCUT2D eigenvalue weighted by Gasteiger charge is 2.32. The summed E-state index contributed by atoms with van der Waals surface area (Å²) in [7, 11) is 0. The molecule has 2 rings (SSSR count). The minimum absolute atomic E-state index is 0.0370. The predicted octanol–water partition coefficient (Wildman–Crippen LogP) is 5.18. The summed E-state index contributed by atoms with van der Waals surface area (Å²) in [5.74, 6) is 0. The number of alkyl halides is 2. The number of rotatable bonds is 6. The highest BCUT2D eigenvalue weighted by molar-refractivity contribution is 7.99. The molecule has 120 valence electrons. The molecule has 0 heterocycles. The van der Waals surface area contributed by atoms with Gasteiger partial charge in [-0.3, -0.25) is 10.1 Å². The summed E-state index contributed by atoms with van der Waals surface area (Å²) in [6.07, 6.45) is 2.87. The molecular formula is C17H15F2NO2S. The van der Waals surface area contributed by atoms with E-state index in [-0.39, 0.29) is 17.7 Å². The second-order valence-corrected chi connectivity index (χ2v) is 5.82. The van der Waals surface area contributed by atoms with E-state index in [1.807, 2.05) is 6.07 Å². The van der Waals surface area contributed by atoms with Gasteiger partial charge in [0.1, 0.15) is 0 Å². The van der Waals surface area contributed by atoms with Gasteiger partial charge < -0.3 is 0 Å². The first-order valence-corrected chi connectivity index (χ1v) is 8.07. The lowest BCUT2D eigenvalue weighted by Crippen LogP contribution is -2.15. The Morgan fingerprint density at radius 1 is 1.17 bits per heavy atom. The molecule has 0 radical (unpaired) electrons. The molecule has 0 aromatic heterocycles. The molecule has 0 spiro atoms. The Hall–Kier alpha value is -2.21. The van der Waals surface area contributed by atoms with Crippen LogP contribution in [0.3, 0.4) is 0 Å². The Morgan fingerprint density at radius 3 is 2.30 bits per heavy atom. The van der Waals surface area contributed by atoms with Gasteiger partial charge in [0.25, 0.3) is 5.69 Å². The zero-order chi connectivity index (χ0) is 16.9. The molecular weight excluding hydrogens is 320 g/mol. The van der Waals surface area contributed by atoms with Crippen LogP contribution in [0.2, 0.25) is 0 Å². The first-order chi connectivity index (χ1) is 10.9. The van der Waals surface area contributed by atoms with Gasteiger partial charge in [-0.25, -0.2) is 0 Å². The van der Waals surface area contributed by atoms with Gasteiger partial charge in [0, 0.05) is 24.1 Å². The van der Waals surface area contributed by atoms with Crippen molar-refractivity contribution in [1.29, 1.82) is 0 Å². The van der Waals surface area contributed by atoms with E-state index in [9.17, 15) is 18.9 Å². The Balaban J connectivity index is 2.34. The minimum atomic E-state index is -3.00. The molecule has 0 bridgehead atoms. The highest BCUT2D eigenvalue weighted by atomic mass is 32.2. The monoisotopic (exact) mass is 335 g/mol. The molecule has 0 N–H and O–H groups in total. The van der Waals surface area contributed by atoms with Crippen LogP contribution in [0.5, 0.6) is 0 Å². The molecule has 0 unspecified atom stereocenters. The number of hydrogen-bond donors (Lipinski definition) is 0. The summed E-state index contributed by atoms with van der Waals surface area (Å²) in [5, 5.41) is 7.65. The van der Waals surface area contributed by atoms with E-state index in [4.69, 9.17) is 0 Å². The van der Waals surface area contributed by atoms with Gasteiger partial charge in [0.05, 0.1) is 4.92 Å². The SMILES string of the molecule is CSC(F)(F)/C(=C/c1ccc([N+](=O)[O-])cc1)Cc1ccccc1. The van der Waals surface area contributed by atoms with Crippen LogP contribution in [0.1, 0.15) is 11.1 Å². The van der Waals surface area contributed by atoms with E-state index in [0.717, 1.165) is 5.56 Å². The number of benzene rings is 2. The number of thioether (sulfide) groups is 1. The number of nitro groups is 1. The average molecular weight is 335 g/mol. The molecule has 0 aliphatic rings. The maximum atomic E-state index is 14.2. The summed E-state index contributed by atoms with van der Waals surface area (Å²) >= 11 is 0.472. The second kappa shape index (κ2) is 7.37. The molecule has 23 heavy (non-hydrogen) atoms. The number of hydrogen-bond acceptors (Lipinski definition) is 3. The zero-order valence-corrected chi connectivity index (χ0v) is 13.2. The van der Waals surface area contributed by atoms with Gasteiger partial charge in [-0.15, -0.1) is 0 Å². The number of halogens is 2. The summed E-state index contributed by atoms with van der Waals surface area (Å²) in [6, 6.07) is 14.6. The summed E-state index contributed by atoms with van der Waals surface area (Å²) < 4.78 is 28.4. The first kappa shape index (κ1) is 17.1. The molecule has 0 aliphatic carbocycles. The molecule has 0 aliphatic heterocycles. The number of nitro benzene ring substituents is 1. The third kappa shape index (κ3) is 4.63. The maximum absolute atomic E-state index is 14.2.